The maximum atomic E-state index is 11.6. The first-order chi connectivity index (χ1) is 3.84. The Kier molecular flexibility index (Phi) is 1.48. The number of allylic oxidation sites excluding steroid dienone is 1. The molecule has 0 aliphatic carbocycles. The summed E-state index contributed by atoms with van der Waals surface area (Å²) in [7, 11) is 0. The van der Waals surface area contributed by atoms with Crippen molar-refractivity contribution in [2.24, 2.45) is 4.99 Å². The summed E-state index contributed by atoms with van der Waals surface area (Å²) in [5.41, 5.74) is 0.159. The maximum Gasteiger partial charge on any atom is 0.199 e. The van der Waals surface area contributed by atoms with Crippen LogP contribution in [0.15, 0.2) is 15.8 Å². The van der Waals surface area contributed by atoms with Crippen molar-refractivity contribution in [3.05, 3.63) is 10.9 Å². The van der Waals surface area contributed by atoms with Gasteiger partial charge in [0.25, 0.3) is 0 Å². The standard InChI is InChI=1S/C4H2ClFN2/c5-4-3(1-6)7-2-8-4/h1H2. The summed E-state index contributed by atoms with van der Waals surface area (Å²) in [5, 5.41) is 3.50. The van der Waals surface area contributed by atoms with Gasteiger partial charge in [-0.25, -0.2) is 14.7 Å². The molecule has 0 atom stereocenters. The van der Waals surface area contributed by atoms with Gasteiger partial charge in [-0.05, 0) is 0 Å². The normalized spacial score (nSPS) is 17.2. The first kappa shape index (κ1) is 5.56. The first-order valence-electron chi connectivity index (χ1n) is 1.95. The molecule has 0 amide bonds. The minimum atomic E-state index is -0.671. The van der Waals surface area contributed by atoms with Gasteiger partial charge in [0, 0.05) is 0 Å². The van der Waals surface area contributed by atoms with Gasteiger partial charge < -0.3 is 0 Å². The Morgan fingerprint density at radius 1 is 1.75 bits per heavy atom. The van der Waals surface area contributed by atoms with Crippen molar-refractivity contribution in [3.63, 3.8) is 0 Å². The van der Waals surface area contributed by atoms with E-state index in [1.807, 2.05) is 0 Å². The molecule has 2 radical (unpaired) electrons. The van der Waals surface area contributed by atoms with Crippen LogP contribution >= 0.6 is 11.6 Å². The fraction of sp³-hybridized carbons (Fsp3) is 0.250. The van der Waals surface area contributed by atoms with Gasteiger partial charge in [-0.1, -0.05) is 11.6 Å². The molecule has 0 fully saturated rings. The lowest BCUT2D eigenvalue weighted by Gasteiger charge is -1.87. The quantitative estimate of drug-likeness (QED) is 0.474. The van der Waals surface area contributed by atoms with Crippen molar-refractivity contribution < 1.29 is 4.39 Å². The highest BCUT2D eigenvalue weighted by Gasteiger charge is 2.08. The predicted molar refractivity (Wildman–Crippen MR) is 28.4 cm³/mol. The van der Waals surface area contributed by atoms with Crippen molar-refractivity contribution in [2.75, 3.05) is 6.67 Å². The van der Waals surface area contributed by atoms with Gasteiger partial charge in [-0.2, -0.15) is 0 Å². The van der Waals surface area contributed by atoms with E-state index >= 15 is 0 Å². The Morgan fingerprint density at radius 3 is 2.75 bits per heavy atom. The number of nitrogens with zero attached hydrogens (tertiary/aromatic N) is 2. The van der Waals surface area contributed by atoms with Crippen molar-refractivity contribution in [3.8, 4) is 0 Å². The third-order valence-electron chi connectivity index (χ3n) is 0.698. The minimum Gasteiger partial charge on any atom is -0.244 e. The summed E-state index contributed by atoms with van der Waals surface area (Å²) in [6.07, 6.45) is 2.18. The molecule has 42 valence electrons. The number of halogens is 2. The molecule has 0 bridgehead atoms. The molecule has 0 aromatic carbocycles. The van der Waals surface area contributed by atoms with E-state index in [-0.39, 0.29) is 10.9 Å². The zero-order valence-electron chi connectivity index (χ0n) is 3.86. The second-order valence-corrected chi connectivity index (χ2v) is 1.55. The number of aliphatic imine (C=N–C) groups is 1. The van der Waals surface area contributed by atoms with Crippen LogP contribution in [0.25, 0.3) is 0 Å². The van der Waals surface area contributed by atoms with Gasteiger partial charge in [-0.15, -0.1) is 0 Å². The highest BCUT2D eigenvalue weighted by atomic mass is 35.5. The lowest BCUT2D eigenvalue weighted by molar-refractivity contribution is 0.532. The molecule has 1 heterocycles. The molecule has 0 aromatic rings. The van der Waals surface area contributed by atoms with E-state index in [0.717, 1.165) is 0 Å². The van der Waals surface area contributed by atoms with Crippen LogP contribution in [-0.4, -0.2) is 13.0 Å². The fourth-order valence-corrected chi connectivity index (χ4v) is 0.455. The van der Waals surface area contributed by atoms with E-state index in [2.05, 4.69) is 16.6 Å². The summed E-state index contributed by atoms with van der Waals surface area (Å²) < 4.78 is 11.6. The van der Waals surface area contributed by atoms with Crippen molar-refractivity contribution in [2.45, 2.75) is 0 Å². The van der Waals surface area contributed by atoms with Crippen LogP contribution in [0.2, 0.25) is 0 Å². The maximum absolute atomic E-state index is 11.6. The van der Waals surface area contributed by atoms with Gasteiger partial charge in [-0.3, -0.25) is 0 Å². The second kappa shape index (κ2) is 2.13. The average molecular weight is 133 g/mol. The molecule has 0 saturated heterocycles. The molecular weight excluding hydrogens is 131 g/mol. The van der Waals surface area contributed by atoms with Crippen LogP contribution in [0.1, 0.15) is 0 Å². The molecular formula is C4H2ClFN2. The summed E-state index contributed by atoms with van der Waals surface area (Å²) in [6.45, 7) is -0.671. The zero-order valence-corrected chi connectivity index (χ0v) is 4.61. The number of alkyl halides is 1. The van der Waals surface area contributed by atoms with Crippen LogP contribution < -0.4 is 5.32 Å². The Morgan fingerprint density at radius 2 is 2.50 bits per heavy atom. The average Bonchev–Trinajstić information content (AvgIpc) is 2.14. The van der Waals surface area contributed by atoms with Gasteiger partial charge >= 0.3 is 0 Å². The van der Waals surface area contributed by atoms with E-state index in [1.54, 1.807) is 0 Å². The Labute approximate surface area is 51.1 Å². The summed E-state index contributed by atoms with van der Waals surface area (Å²) >= 11 is 5.30. The number of hydrogen-bond acceptors (Lipinski definition) is 1. The molecule has 0 unspecified atom stereocenters. The third kappa shape index (κ3) is 0.816. The molecule has 1 aliphatic heterocycles. The second-order valence-electron chi connectivity index (χ2n) is 1.19. The minimum absolute atomic E-state index is 0.104. The van der Waals surface area contributed by atoms with E-state index in [1.165, 1.54) is 0 Å². The van der Waals surface area contributed by atoms with Gasteiger partial charge in [0.2, 0.25) is 0 Å². The van der Waals surface area contributed by atoms with Gasteiger partial charge in [0.15, 0.2) is 11.5 Å². The van der Waals surface area contributed by atoms with Crippen molar-refractivity contribution in [1.82, 2.24) is 5.32 Å². The highest BCUT2D eigenvalue weighted by molar-refractivity contribution is 6.30. The number of hydrogen-bond donors (Lipinski definition) is 0. The summed E-state index contributed by atoms with van der Waals surface area (Å²) in [5.74, 6) is 0. The van der Waals surface area contributed by atoms with Crippen molar-refractivity contribution in [1.29, 1.82) is 0 Å². The van der Waals surface area contributed by atoms with Crippen LogP contribution in [-0.2, 0) is 0 Å². The Bertz CT molecular complexity index is 152. The van der Waals surface area contributed by atoms with Crippen LogP contribution in [0, 0.1) is 0 Å². The van der Waals surface area contributed by atoms with Crippen LogP contribution in [0.4, 0.5) is 4.39 Å². The predicted octanol–water partition coefficient (Wildman–Crippen LogP) is 0.887. The monoisotopic (exact) mass is 132 g/mol. The fourth-order valence-electron chi connectivity index (χ4n) is 0.325. The van der Waals surface area contributed by atoms with E-state index < -0.39 is 6.67 Å². The third-order valence-corrected chi connectivity index (χ3v) is 1.00. The SMILES string of the molecule is FCC1=C(Cl)N=[C][N]1. The Balaban J connectivity index is 2.68. The topological polar surface area (TPSA) is 26.5 Å². The smallest absolute Gasteiger partial charge is 0.199 e. The van der Waals surface area contributed by atoms with Crippen LogP contribution in [0.5, 0.6) is 0 Å². The lowest BCUT2D eigenvalue weighted by atomic mass is 10.5. The first-order valence-corrected chi connectivity index (χ1v) is 2.33. The molecule has 8 heavy (non-hydrogen) atoms. The zero-order chi connectivity index (χ0) is 5.98. The summed E-state index contributed by atoms with van der Waals surface area (Å²) in [6, 6.07) is 0. The molecule has 1 rings (SSSR count). The summed E-state index contributed by atoms with van der Waals surface area (Å²) in [4.78, 5) is 3.38. The molecule has 0 N–H and O–H groups in total. The molecule has 1 aliphatic rings. The largest absolute Gasteiger partial charge is 0.244 e. The van der Waals surface area contributed by atoms with E-state index in [4.69, 9.17) is 11.6 Å². The van der Waals surface area contributed by atoms with E-state index in [9.17, 15) is 4.39 Å². The number of rotatable bonds is 1. The van der Waals surface area contributed by atoms with Crippen molar-refractivity contribution >= 4 is 17.9 Å². The Hall–Kier alpha value is -0.570. The van der Waals surface area contributed by atoms with Gasteiger partial charge in [0.1, 0.15) is 12.4 Å². The molecule has 4 heteroatoms. The molecule has 0 spiro atoms. The highest BCUT2D eigenvalue weighted by Crippen LogP contribution is 2.12. The molecule has 0 saturated carbocycles. The van der Waals surface area contributed by atoms with Gasteiger partial charge in [0.05, 0.1) is 0 Å². The molecule has 0 aromatic heterocycles. The molecule has 2 nitrogen and oxygen atoms in total. The van der Waals surface area contributed by atoms with E-state index in [0.29, 0.717) is 0 Å². The van der Waals surface area contributed by atoms with Crippen LogP contribution in [0.3, 0.4) is 0 Å². The lowest BCUT2D eigenvalue weighted by Crippen LogP contribution is -1.97.